The Morgan fingerprint density at radius 3 is 0.485 bits per heavy atom. The van der Waals surface area contributed by atoms with Gasteiger partial charge in [0, 0.05) is 66.2 Å². The minimum absolute atomic E-state index is 0.216. The Hall–Kier alpha value is 1.57. The average molecular weight is 1620 g/mol. The summed E-state index contributed by atoms with van der Waals surface area (Å²) in [5.41, 5.74) is 6.79. The van der Waals surface area contributed by atoms with E-state index in [4.69, 9.17) is 12.3 Å². The Labute approximate surface area is 637 Å². The van der Waals surface area contributed by atoms with Gasteiger partial charge >= 0.3 is 0 Å². The fourth-order valence-corrected chi connectivity index (χ4v) is 136. The molecule has 6 rings (SSSR count). The second kappa shape index (κ2) is 26.6. The fraction of sp³-hybridized carbons (Fsp3) is 0.852. The van der Waals surface area contributed by atoms with Gasteiger partial charge in [-0.1, -0.05) is 351 Å². The molecule has 0 radical (unpaired) electrons. The Bertz CT molecular complexity index is 2830. The van der Waals surface area contributed by atoms with Crippen LogP contribution in [0.4, 0.5) is 0 Å². The van der Waals surface area contributed by atoms with E-state index in [1.165, 1.54) is 19.3 Å². The number of hydrogen-bond donors (Lipinski definition) is 0. The van der Waals surface area contributed by atoms with E-state index in [-0.39, 0.29) is 32.5 Å². The molecule has 3 aliphatic carbocycles. The van der Waals surface area contributed by atoms with Gasteiger partial charge in [-0.3, -0.25) is 0 Å². The summed E-state index contributed by atoms with van der Waals surface area (Å²) < 4.78 is 25.3. The van der Waals surface area contributed by atoms with Gasteiger partial charge in [-0.2, -0.15) is 0 Å². The van der Waals surface area contributed by atoms with Crippen LogP contribution in [0.1, 0.15) is 144 Å². The van der Waals surface area contributed by atoms with Gasteiger partial charge in [0.25, 0.3) is 0 Å². The first-order chi connectivity index (χ1) is 42.5. The van der Waals surface area contributed by atoms with Crippen molar-refractivity contribution in [3.8, 4) is 0 Å². The van der Waals surface area contributed by atoms with E-state index < -0.39 is 123 Å². The fourth-order valence-electron chi connectivity index (χ4n) is 23.2. The van der Waals surface area contributed by atoms with Crippen LogP contribution in [0.15, 0.2) is 65.0 Å². The molecule has 18 heteroatoms. The quantitative estimate of drug-likeness (QED) is 0.128. The van der Waals surface area contributed by atoms with Gasteiger partial charge < -0.3 is 12.3 Å². The summed E-state index contributed by atoms with van der Waals surface area (Å²) in [5.74, 6) is 1.85. The molecule has 0 saturated heterocycles. The monoisotopic (exact) mass is 1620 g/mol. The van der Waals surface area contributed by atoms with Crippen molar-refractivity contribution in [2.45, 2.75) is 392 Å². The van der Waals surface area contributed by atoms with Crippen molar-refractivity contribution in [1.82, 2.24) is 0 Å². The van der Waals surface area contributed by atoms with Crippen molar-refractivity contribution < 1.29 is 12.3 Å². The van der Waals surface area contributed by atoms with Crippen molar-refractivity contribution in [2.75, 3.05) is 0 Å². The Morgan fingerprint density at radius 2 is 0.404 bits per heavy atom. The minimum atomic E-state index is -2.41. The molecule has 0 spiro atoms. The summed E-state index contributed by atoms with van der Waals surface area (Å²) in [6, 6.07) is 0. The maximum absolute atomic E-state index is 8.02. The van der Waals surface area contributed by atoms with Gasteiger partial charge in [-0.05, 0) is 139 Å². The van der Waals surface area contributed by atoms with Gasteiger partial charge in [0.1, 0.15) is 0 Å². The number of allylic oxidation sites excluding steroid dienone is 9. The van der Waals surface area contributed by atoms with Crippen molar-refractivity contribution in [3.05, 3.63) is 65.0 Å². The molecule has 0 aromatic rings. The van der Waals surface area contributed by atoms with Crippen LogP contribution in [0.2, 0.25) is 249 Å². The molecule has 0 aromatic carbocycles. The molecule has 0 amide bonds. The molecule has 6 aliphatic rings. The van der Waals surface area contributed by atoms with Crippen molar-refractivity contribution in [1.29, 1.82) is 0 Å². The van der Waals surface area contributed by atoms with Gasteiger partial charge in [0.05, 0.1) is 24.2 Å². The van der Waals surface area contributed by atoms with Crippen molar-refractivity contribution in [3.63, 3.8) is 0 Å². The van der Waals surface area contributed by atoms with E-state index >= 15 is 0 Å². The highest BCUT2D eigenvalue weighted by molar-refractivity contribution is 7.28. The number of rotatable bonds is 18. The molecular formula is C81H174O3Si15. The van der Waals surface area contributed by atoms with E-state index in [1.54, 1.807) is 16.7 Å². The molecule has 0 unspecified atom stereocenters. The third kappa shape index (κ3) is 16.7. The Morgan fingerprint density at radius 1 is 0.263 bits per heavy atom. The third-order valence-corrected chi connectivity index (χ3v) is 112. The predicted molar refractivity (Wildman–Crippen MR) is 495 cm³/mol. The predicted octanol–water partition coefficient (Wildman–Crippen LogP) is 28.7. The zero-order valence-corrected chi connectivity index (χ0v) is 92.3. The maximum Gasteiger partial charge on any atom is 0.234 e. The summed E-state index contributed by atoms with van der Waals surface area (Å²) in [4.78, 5) is 5.64. The molecule has 0 saturated carbocycles. The normalized spacial score (nSPS) is 27.2. The molecular weight excluding hydrogens is 1440 g/mol. The lowest BCUT2D eigenvalue weighted by Crippen LogP contribution is -2.72. The topological polar surface area (TPSA) is 27.7 Å². The van der Waals surface area contributed by atoms with Crippen LogP contribution in [0.5, 0.6) is 0 Å². The van der Waals surface area contributed by atoms with Gasteiger partial charge in [-0.25, -0.2) is 0 Å². The van der Waals surface area contributed by atoms with E-state index in [2.05, 4.69) is 379 Å². The third-order valence-electron chi connectivity index (χ3n) is 24.8. The van der Waals surface area contributed by atoms with Crippen molar-refractivity contribution >= 4 is 123 Å². The Balaban J connectivity index is 0.000000315. The van der Waals surface area contributed by atoms with E-state index in [9.17, 15) is 0 Å². The Kier molecular flexibility index (Phi) is 25.0. The van der Waals surface area contributed by atoms with Crippen LogP contribution < -0.4 is 0 Å². The van der Waals surface area contributed by atoms with Crippen LogP contribution in [0.3, 0.4) is 0 Å². The van der Waals surface area contributed by atoms with Crippen molar-refractivity contribution in [2.24, 2.45) is 50.2 Å². The molecule has 0 bridgehead atoms. The highest BCUT2D eigenvalue weighted by atomic mass is 28.5. The zero-order chi connectivity index (χ0) is 79.3. The standard InChI is InChI=1S/3C27H58OSi5/c3*1-25(2,3)22-23(26(4,5)6)24(22)33(28-32(16,17)18)21(29(7,8)9)19-20-27(33,30(10,11)12)31(13,14)15/h3*19,22H,20H2,1-18H3/t3*22-,33+/m000/s1. The SMILES string of the molecule is CC(C)(C)C1=C([Si@]2(O[Si](C)(C)C)C([Si](C)(C)C)=CCC2([Si](C)(C)C)[Si](C)(C)C)[C@H]1C(C)(C)C.CC(C)(C)C1=C([Si@]2(O[Si](C)(C)C)C([Si](C)(C)C)=CCC2([Si](C)(C)C)[Si](C)(C)C)[C@H]1C(C)(C)C.CC(C)(C)C1=C([Si@]2(O[Si](C)(C)C)C([Si](C)(C)C)=CCC2([Si](C)(C)C)[Si](C)(C)C)[C@H]1C(C)(C)C. The summed E-state index contributed by atoms with van der Waals surface area (Å²) in [6.07, 6.45) is 12.3. The van der Waals surface area contributed by atoms with Crippen LogP contribution in [-0.2, 0) is 12.3 Å². The minimum Gasteiger partial charge on any atom is -0.450 e. The summed E-state index contributed by atoms with van der Waals surface area (Å²) in [5, 5.41) is 5.63. The van der Waals surface area contributed by atoms with E-state index in [0.717, 1.165) is 0 Å². The van der Waals surface area contributed by atoms with Gasteiger partial charge in [0.15, 0.2) is 25.0 Å². The average Bonchev–Trinajstić information content (AvgIpc) is 1.50. The largest absolute Gasteiger partial charge is 0.450 e. The molecule has 0 aromatic heterocycles. The van der Waals surface area contributed by atoms with Gasteiger partial charge in [-0.15, -0.1) is 0 Å². The molecule has 0 fully saturated rings. The molecule has 576 valence electrons. The second-order valence-electron chi connectivity index (χ2n) is 51.7. The first-order valence-corrected chi connectivity index (χ1v) is 87.4. The molecule has 6 atom stereocenters. The highest BCUT2D eigenvalue weighted by Crippen LogP contribution is 2.78. The molecule has 3 nitrogen and oxygen atoms in total. The first kappa shape index (κ1) is 93.0. The molecule has 0 N–H and O–H groups in total. The first-order valence-electron chi connectivity index (χ1n) is 40.0. The summed E-state index contributed by atoms with van der Waals surface area (Å²) >= 11 is 0. The lowest BCUT2D eigenvalue weighted by molar-refractivity contribution is 0.334. The smallest absolute Gasteiger partial charge is 0.234 e. The number of hydrogen-bond acceptors (Lipinski definition) is 3. The lowest BCUT2D eigenvalue weighted by Gasteiger charge is -2.61. The highest BCUT2D eigenvalue weighted by Gasteiger charge is 2.81. The van der Waals surface area contributed by atoms with Crippen LogP contribution in [-0.4, -0.2) is 123 Å². The molecule has 3 aliphatic heterocycles. The zero-order valence-electron chi connectivity index (χ0n) is 77.3. The van der Waals surface area contributed by atoms with Crippen LogP contribution >= 0.6 is 0 Å². The molecule has 3 heterocycles. The second-order valence-corrected chi connectivity index (χ2v) is 130. The lowest BCUT2D eigenvalue weighted by atomic mass is 9.80. The van der Waals surface area contributed by atoms with E-state index in [1.807, 2.05) is 30.0 Å². The maximum atomic E-state index is 8.02. The molecule has 99 heavy (non-hydrogen) atoms. The van der Waals surface area contributed by atoms with Gasteiger partial charge in [0.2, 0.25) is 25.0 Å². The van der Waals surface area contributed by atoms with E-state index in [0.29, 0.717) is 30.6 Å². The summed E-state index contributed by atoms with van der Waals surface area (Å²) in [6.45, 7) is 139. The van der Waals surface area contributed by atoms with Crippen LogP contribution in [0.25, 0.3) is 0 Å². The van der Waals surface area contributed by atoms with Crippen LogP contribution in [0, 0.1) is 50.2 Å². The summed E-state index contributed by atoms with van der Waals surface area (Å²) in [7, 11) is -27.0.